The van der Waals surface area contributed by atoms with Gasteiger partial charge >= 0.3 is 0 Å². The summed E-state index contributed by atoms with van der Waals surface area (Å²) in [6.07, 6.45) is 3.23. The zero-order valence-corrected chi connectivity index (χ0v) is 13.3. The predicted molar refractivity (Wildman–Crippen MR) is 82.8 cm³/mol. The molecule has 1 aliphatic carbocycles. The molecule has 1 saturated carbocycles. The Morgan fingerprint density at radius 2 is 2.25 bits per heavy atom. The summed E-state index contributed by atoms with van der Waals surface area (Å²) in [5.74, 6) is 0.271. The molecule has 1 aromatic heterocycles. The molecule has 1 atom stereocenters. The Balaban J connectivity index is 1.78. The van der Waals surface area contributed by atoms with Crippen molar-refractivity contribution in [1.82, 2.24) is 5.32 Å². The van der Waals surface area contributed by atoms with Crippen LogP contribution in [0.25, 0.3) is 11.0 Å². The van der Waals surface area contributed by atoms with E-state index in [0.29, 0.717) is 11.2 Å². The van der Waals surface area contributed by atoms with Crippen molar-refractivity contribution in [2.45, 2.75) is 39.2 Å². The lowest BCUT2D eigenvalue weighted by atomic mass is 9.92. The Labute approximate surface area is 126 Å². The molecule has 106 valence electrons. The molecular formula is C16H18BrNO2. The first-order chi connectivity index (χ1) is 9.44. The molecule has 3 rings (SSSR count). The minimum atomic E-state index is -0.115. The highest BCUT2D eigenvalue weighted by Crippen LogP contribution is 2.37. The Morgan fingerprint density at radius 3 is 2.90 bits per heavy atom. The minimum absolute atomic E-state index is 0.115. The van der Waals surface area contributed by atoms with Crippen LogP contribution >= 0.6 is 15.9 Å². The van der Waals surface area contributed by atoms with Crippen molar-refractivity contribution in [1.29, 1.82) is 0 Å². The normalized spacial score (nSPS) is 21.2. The molecule has 0 aliphatic heterocycles. The van der Waals surface area contributed by atoms with Crippen LogP contribution in [0.5, 0.6) is 0 Å². The summed E-state index contributed by atoms with van der Waals surface area (Å²) in [6.45, 7) is 4.49. The van der Waals surface area contributed by atoms with E-state index >= 15 is 0 Å². The Bertz CT molecular complexity index is 660. The van der Waals surface area contributed by atoms with E-state index in [1.54, 1.807) is 6.07 Å². The number of carbonyl (C=O) groups excluding carboxylic acids is 1. The van der Waals surface area contributed by atoms with Crippen molar-refractivity contribution in [2.24, 2.45) is 5.41 Å². The van der Waals surface area contributed by atoms with Crippen LogP contribution in [0.15, 0.2) is 33.2 Å². The molecule has 1 fully saturated rings. The molecule has 4 heteroatoms. The van der Waals surface area contributed by atoms with E-state index in [0.717, 1.165) is 34.7 Å². The first kappa shape index (κ1) is 13.7. The fourth-order valence-corrected chi connectivity index (χ4v) is 3.42. The standard InChI is InChI=1S/C16H18BrNO2/c1-16(2)7-6-11(9-16)18-15(19)13-8-10-4-3-5-12(17)14(10)20-13/h3-5,8,11H,6-7,9H2,1-2H3,(H,18,19). The summed E-state index contributed by atoms with van der Waals surface area (Å²) in [7, 11) is 0. The molecule has 3 nitrogen and oxygen atoms in total. The van der Waals surface area contributed by atoms with E-state index in [-0.39, 0.29) is 11.9 Å². The van der Waals surface area contributed by atoms with Crippen LogP contribution in [0.4, 0.5) is 0 Å². The number of para-hydroxylation sites is 1. The quantitative estimate of drug-likeness (QED) is 0.877. The van der Waals surface area contributed by atoms with Gasteiger partial charge in [0.1, 0.15) is 5.58 Å². The smallest absolute Gasteiger partial charge is 0.287 e. The van der Waals surface area contributed by atoms with E-state index < -0.39 is 0 Å². The molecule has 1 amide bonds. The van der Waals surface area contributed by atoms with Crippen molar-refractivity contribution in [2.75, 3.05) is 0 Å². The maximum Gasteiger partial charge on any atom is 0.287 e. The van der Waals surface area contributed by atoms with Crippen molar-refractivity contribution in [3.05, 3.63) is 34.5 Å². The molecule has 0 radical (unpaired) electrons. The molecule has 1 unspecified atom stereocenters. The van der Waals surface area contributed by atoms with Gasteiger partial charge in [-0.2, -0.15) is 0 Å². The second-order valence-corrected chi connectivity index (χ2v) is 7.20. The number of hydrogen-bond donors (Lipinski definition) is 1. The largest absolute Gasteiger partial charge is 0.450 e. The van der Waals surface area contributed by atoms with Crippen LogP contribution in [0, 0.1) is 5.41 Å². The average molecular weight is 336 g/mol. The lowest BCUT2D eigenvalue weighted by Gasteiger charge is -2.17. The number of amides is 1. The third-order valence-corrected chi connectivity index (χ3v) is 4.65. The molecule has 1 aromatic carbocycles. The summed E-state index contributed by atoms with van der Waals surface area (Å²) in [5.41, 5.74) is 1.05. The number of carbonyl (C=O) groups is 1. The van der Waals surface area contributed by atoms with Gasteiger partial charge in [0.05, 0.1) is 4.47 Å². The first-order valence-electron chi connectivity index (χ1n) is 6.94. The van der Waals surface area contributed by atoms with E-state index in [9.17, 15) is 4.79 Å². The monoisotopic (exact) mass is 335 g/mol. The number of benzene rings is 1. The van der Waals surface area contributed by atoms with Crippen LogP contribution < -0.4 is 5.32 Å². The van der Waals surface area contributed by atoms with Crippen LogP contribution in [0.2, 0.25) is 0 Å². The average Bonchev–Trinajstić information content (AvgIpc) is 2.94. The lowest BCUT2D eigenvalue weighted by Crippen LogP contribution is -2.33. The van der Waals surface area contributed by atoms with Gasteiger partial charge in [0.25, 0.3) is 5.91 Å². The topological polar surface area (TPSA) is 42.2 Å². The summed E-state index contributed by atoms with van der Waals surface area (Å²) in [4.78, 5) is 12.3. The molecule has 0 saturated heterocycles. The van der Waals surface area contributed by atoms with Crippen molar-refractivity contribution >= 4 is 32.8 Å². The van der Waals surface area contributed by atoms with Gasteiger partial charge in [-0.1, -0.05) is 26.0 Å². The van der Waals surface area contributed by atoms with Gasteiger partial charge in [0.2, 0.25) is 0 Å². The highest BCUT2D eigenvalue weighted by molar-refractivity contribution is 9.10. The second kappa shape index (κ2) is 4.92. The Hall–Kier alpha value is -1.29. The number of halogens is 1. The van der Waals surface area contributed by atoms with E-state index in [1.807, 2.05) is 18.2 Å². The molecule has 2 aromatic rings. The van der Waals surface area contributed by atoms with E-state index in [4.69, 9.17) is 4.42 Å². The number of fused-ring (bicyclic) bond motifs is 1. The molecule has 20 heavy (non-hydrogen) atoms. The van der Waals surface area contributed by atoms with Crippen molar-refractivity contribution in [3.8, 4) is 0 Å². The van der Waals surface area contributed by atoms with Crippen LogP contribution in [-0.2, 0) is 0 Å². The third-order valence-electron chi connectivity index (χ3n) is 4.02. The molecule has 0 spiro atoms. The maximum atomic E-state index is 12.3. The van der Waals surface area contributed by atoms with E-state index in [1.165, 1.54) is 0 Å². The fraction of sp³-hybridized carbons (Fsp3) is 0.438. The molecule has 1 N–H and O–H groups in total. The highest BCUT2D eigenvalue weighted by atomic mass is 79.9. The van der Waals surface area contributed by atoms with Gasteiger partial charge in [0.15, 0.2) is 5.76 Å². The lowest BCUT2D eigenvalue weighted by molar-refractivity contribution is 0.0910. The van der Waals surface area contributed by atoms with E-state index in [2.05, 4.69) is 35.1 Å². The number of nitrogens with one attached hydrogen (secondary N) is 1. The Morgan fingerprint density at radius 1 is 1.45 bits per heavy atom. The molecule has 1 aliphatic rings. The second-order valence-electron chi connectivity index (χ2n) is 6.35. The summed E-state index contributed by atoms with van der Waals surface area (Å²) in [6, 6.07) is 7.85. The van der Waals surface area contributed by atoms with Crippen LogP contribution in [0.1, 0.15) is 43.7 Å². The van der Waals surface area contributed by atoms with Crippen LogP contribution in [0.3, 0.4) is 0 Å². The van der Waals surface area contributed by atoms with Crippen molar-refractivity contribution < 1.29 is 9.21 Å². The summed E-state index contributed by atoms with van der Waals surface area (Å²) < 4.78 is 6.54. The van der Waals surface area contributed by atoms with Gasteiger partial charge in [0, 0.05) is 11.4 Å². The van der Waals surface area contributed by atoms with Gasteiger partial charge in [-0.15, -0.1) is 0 Å². The minimum Gasteiger partial charge on any atom is -0.450 e. The van der Waals surface area contributed by atoms with Gasteiger partial charge in [-0.05, 0) is 52.7 Å². The number of hydrogen-bond acceptors (Lipinski definition) is 2. The number of furan rings is 1. The maximum absolute atomic E-state index is 12.3. The first-order valence-corrected chi connectivity index (χ1v) is 7.73. The van der Waals surface area contributed by atoms with Gasteiger partial charge in [-0.25, -0.2) is 0 Å². The molecular weight excluding hydrogens is 318 g/mol. The Kier molecular flexibility index (Phi) is 3.36. The molecule has 0 bridgehead atoms. The predicted octanol–water partition coefficient (Wildman–Crippen LogP) is 4.50. The zero-order chi connectivity index (χ0) is 14.3. The summed E-state index contributed by atoms with van der Waals surface area (Å²) >= 11 is 3.44. The SMILES string of the molecule is CC1(C)CCC(NC(=O)c2cc3cccc(Br)c3o2)C1. The zero-order valence-electron chi connectivity index (χ0n) is 11.7. The van der Waals surface area contributed by atoms with Gasteiger partial charge < -0.3 is 9.73 Å². The van der Waals surface area contributed by atoms with Crippen molar-refractivity contribution in [3.63, 3.8) is 0 Å². The van der Waals surface area contributed by atoms with Crippen LogP contribution in [-0.4, -0.2) is 11.9 Å². The molecule has 1 heterocycles. The highest BCUT2D eigenvalue weighted by Gasteiger charge is 2.32. The number of rotatable bonds is 2. The van der Waals surface area contributed by atoms with Gasteiger partial charge in [-0.3, -0.25) is 4.79 Å². The fourth-order valence-electron chi connectivity index (χ4n) is 2.96. The third kappa shape index (κ3) is 2.62. The summed E-state index contributed by atoms with van der Waals surface area (Å²) in [5, 5.41) is 4.02.